The summed E-state index contributed by atoms with van der Waals surface area (Å²) in [6, 6.07) is 5.65. The molecule has 0 N–H and O–H groups in total. The molecule has 5 heteroatoms. The lowest BCUT2D eigenvalue weighted by atomic mass is 10.3. The van der Waals surface area contributed by atoms with Crippen LogP contribution in [0.4, 0.5) is 0 Å². The summed E-state index contributed by atoms with van der Waals surface area (Å²) in [6.45, 7) is 3.70. The van der Waals surface area contributed by atoms with Crippen LogP contribution in [0.3, 0.4) is 0 Å². The summed E-state index contributed by atoms with van der Waals surface area (Å²) in [5, 5.41) is 0.644. The van der Waals surface area contributed by atoms with Crippen LogP contribution in [0.25, 0.3) is 11.5 Å². The van der Waals surface area contributed by atoms with Gasteiger partial charge in [-0.25, -0.2) is 15.0 Å². The van der Waals surface area contributed by atoms with Crippen LogP contribution in [-0.2, 0) is 0 Å². The van der Waals surface area contributed by atoms with E-state index < -0.39 is 0 Å². The Kier molecular flexibility index (Phi) is 3.08. The van der Waals surface area contributed by atoms with Crippen LogP contribution < -0.4 is 0 Å². The zero-order valence-electron chi connectivity index (χ0n) is 8.83. The Morgan fingerprint density at radius 2 is 1.75 bits per heavy atom. The molecule has 0 radical (unpaired) electrons. The van der Waals surface area contributed by atoms with Crippen LogP contribution in [0.2, 0.25) is 10.2 Å². The van der Waals surface area contributed by atoms with Crippen LogP contribution in [0.1, 0.15) is 11.4 Å². The minimum atomic E-state index is 0.257. The SMILES string of the molecule is Cc1cccc(-c2nc(C)c(Cl)c(Cl)n2)n1. The van der Waals surface area contributed by atoms with E-state index in [0.29, 0.717) is 22.2 Å². The highest BCUT2D eigenvalue weighted by Gasteiger charge is 2.10. The number of hydrogen-bond acceptors (Lipinski definition) is 3. The molecule has 0 bridgehead atoms. The number of nitrogens with zero attached hydrogens (tertiary/aromatic N) is 3. The van der Waals surface area contributed by atoms with Crippen LogP contribution in [0.5, 0.6) is 0 Å². The second-order valence-corrected chi connectivity index (χ2v) is 4.14. The lowest BCUT2D eigenvalue weighted by Crippen LogP contribution is -1.96. The fourth-order valence-electron chi connectivity index (χ4n) is 1.31. The molecule has 0 aliphatic rings. The summed E-state index contributed by atoms with van der Waals surface area (Å²) in [5.74, 6) is 0.496. The molecule has 16 heavy (non-hydrogen) atoms. The van der Waals surface area contributed by atoms with E-state index in [1.807, 2.05) is 25.1 Å². The van der Waals surface area contributed by atoms with Gasteiger partial charge in [0.25, 0.3) is 0 Å². The van der Waals surface area contributed by atoms with E-state index in [0.717, 1.165) is 5.69 Å². The largest absolute Gasteiger partial charge is 0.250 e. The van der Waals surface area contributed by atoms with Crippen molar-refractivity contribution in [1.82, 2.24) is 15.0 Å². The van der Waals surface area contributed by atoms with Crippen molar-refractivity contribution >= 4 is 23.2 Å². The second kappa shape index (κ2) is 4.36. The maximum atomic E-state index is 5.90. The first kappa shape index (κ1) is 11.3. The zero-order valence-corrected chi connectivity index (χ0v) is 10.3. The van der Waals surface area contributed by atoms with Gasteiger partial charge in [-0.2, -0.15) is 0 Å². The minimum absolute atomic E-state index is 0.257. The predicted octanol–water partition coefficient (Wildman–Crippen LogP) is 3.46. The number of hydrogen-bond donors (Lipinski definition) is 0. The van der Waals surface area contributed by atoms with E-state index in [1.54, 1.807) is 6.92 Å². The number of aromatic nitrogens is 3. The monoisotopic (exact) mass is 253 g/mol. The molecule has 3 nitrogen and oxygen atoms in total. The molecule has 2 aromatic heterocycles. The number of halogens is 2. The van der Waals surface area contributed by atoms with Crippen molar-refractivity contribution in [2.45, 2.75) is 13.8 Å². The van der Waals surface area contributed by atoms with E-state index in [2.05, 4.69) is 15.0 Å². The van der Waals surface area contributed by atoms with E-state index in [-0.39, 0.29) is 5.15 Å². The van der Waals surface area contributed by atoms with Crippen molar-refractivity contribution in [2.75, 3.05) is 0 Å². The van der Waals surface area contributed by atoms with E-state index in [9.17, 15) is 0 Å². The van der Waals surface area contributed by atoms with Crippen molar-refractivity contribution < 1.29 is 0 Å². The Morgan fingerprint density at radius 3 is 2.38 bits per heavy atom. The molecule has 0 atom stereocenters. The van der Waals surface area contributed by atoms with Gasteiger partial charge in [-0.3, -0.25) is 0 Å². The van der Waals surface area contributed by atoms with Crippen LogP contribution in [-0.4, -0.2) is 15.0 Å². The van der Waals surface area contributed by atoms with Gasteiger partial charge in [-0.05, 0) is 26.0 Å². The Labute approximate surface area is 103 Å². The summed E-state index contributed by atoms with van der Waals surface area (Å²) in [6.07, 6.45) is 0. The molecule has 2 heterocycles. The maximum absolute atomic E-state index is 5.90. The summed E-state index contributed by atoms with van der Waals surface area (Å²) in [5.41, 5.74) is 2.26. The highest BCUT2D eigenvalue weighted by atomic mass is 35.5. The molecular weight excluding hydrogens is 245 g/mol. The minimum Gasteiger partial charge on any atom is -0.250 e. The van der Waals surface area contributed by atoms with Gasteiger partial charge in [0.1, 0.15) is 5.69 Å². The van der Waals surface area contributed by atoms with Gasteiger partial charge in [-0.15, -0.1) is 0 Å². The van der Waals surface area contributed by atoms with E-state index in [1.165, 1.54) is 0 Å². The fourth-order valence-corrected chi connectivity index (χ4v) is 1.61. The van der Waals surface area contributed by atoms with Gasteiger partial charge in [0.15, 0.2) is 11.0 Å². The molecule has 0 fully saturated rings. The maximum Gasteiger partial charge on any atom is 0.179 e. The molecule has 0 saturated heterocycles. The van der Waals surface area contributed by atoms with E-state index in [4.69, 9.17) is 23.2 Å². The Balaban J connectivity index is 2.57. The molecule has 0 aromatic carbocycles. The van der Waals surface area contributed by atoms with Gasteiger partial charge in [0, 0.05) is 5.69 Å². The summed E-state index contributed by atoms with van der Waals surface area (Å²) in [7, 11) is 0. The molecule has 2 aromatic rings. The van der Waals surface area contributed by atoms with Gasteiger partial charge < -0.3 is 0 Å². The lowest BCUT2D eigenvalue weighted by Gasteiger charge is -2.04. The molecule has 2 rings (SSSR count). The molecule has 0 spiro atoms. The molecular formula is C11H9Cl2N3. The smallest absolute Gasteiger partial charge is 0.179 e. The molecule has 82 valence electrons. The van der Waals surface area contributed by atoms with Crippen molar-refractivity contribution in [2.24, 2.45) is 0 Å². The highest BCUT2D eigenvalue weighted by molar-refractivity contribution is 6.41. The lowest BCUT2D eigenvalue weighted by molar-refractivity contribution is 1.08. The van der Waals surface area contributed by atoms with Crippen LogP contribution >= 0.6 is 23.2 Å². The molecule has 0 unspecified atom stereocenters. The third-order valence-electron chi connectivity index (χ3n) is 2.09. The predicted molar refractivity (Wildman–Crippen MR) is 64.8 cm³/mol. The van der Waals surface area contributed by atoms with Gasteiger partial charge in [0.05, 0.1) is 10.7 Å². The van der Waals surface area contributed by atoms with Gasteiger partial charge in [-0.1, -0.05) is 29.3 Å². The fraction of sp³-hybridized carbons (Fsp3) is 0.182. The van der Waals surface area contributed by atoms with Gasteiger partial charge >= 0.3 is 0 Å². The molecule has 0 aliphatic carbocycles. The zero-order chi connectivity index (χ0) is 11.7. The van der Waals surface area contributed by atoms with E-state index >= 15 is 0 Å². The summed E-state index contributed by atoms with van der Waals surface area (Å²) in [4.78, 5) is 12.7. The van der Waals surface area contributed by atoms with Crippen molar-refractivity contribution in [3.05, 3.63) is 39.8 Å². The summed E-state index contributed by atoms with van der Waals surface area (Å²) >= 11 is 11.8. The first-order valence-corrected chi connectivity index (χ1v) is 5.47. The first-order chi connectivity index (χ1) is 7.58. The van der Waals surface area contributed by atoms with Crippen molar-refractivity contribution in [3.63, 3.8) is 0 Å². The number of pyridine rings is 1. The third-order valence-corrected chi connectivity index (χ3v) is 2.92. The van der Waals surface area contributed by atoms with Crippen molar-refractivity contribution in [3.8, 4) is 11.5 Å². The topological polar surface area (TPSA) is 38.7 Å². The van der Waals surface area contributed by atoms with Crippen LogP contribution in [0, 0.1) is 13.8 Å². The summed E-state index contributed by atoms with van der Waals surface area (Å²) < 4.78 is 0. The van der Waals surface area contributed by atoms with Crippen LogP contribution in [0.15, 0.2) is 18.2 Å². The van der Waals surface area contributed by atoms with Gasteiger partial charge in [0.2, 0.25) is 0 Å². The third kappa shape index (κ3) is 2.15. The quantitative estimate of drug-likeness (QED) is 0.731. The average Bonchev–Trinajstić information content (AvgIpc) is 2.25. The average molecular weight is 254 g/mol. The Bertz CT molecular complexity index is 517. The Hall–Kier alpha value is -1.19. The van der Waals surface area contributed by atoms with Crippen molar-refractivity contribution in [1.29, 1.82) is 0 Å². The molecule has 0 saturated carbocycles. The number of aryl methyl sites for hydroxylation is 2. The Morgan fingerprint density at radius 1 is 1.00 bits per heavy atom. The standard InChI is InChI=1S/C11H9Cl2N3/c1-6-4-3-5-8(14-6)11-15-7(2)9(12)10(13)16-11/h3-5H,1-2H3. The highest BCUT2D eigenvalue weighted by Crippen LogP contribution is 2.25. The molecule has 0 aliphatic heterocycles. The molecule has 0 amide bonds. The normalized spacial score (nSPS) is 10.5. The second-order valence-electron chi connectivity index (χ2n) is 3.40. The first-order valence-electron chi connectivity index (χ1n) is 4.71. The number of rotatable bonds is 1.